The van der Waals surface area contributed by atoms with Crippen LogP contribution in [-0.4, -0.2) is 8.42 Å². The number of fused-ring (bicyclic) bond motifs is 1. The summed E-state index contributed by atoms with van der Waals surface area (Å²) in [7, 11) is -3.70. The summed E-state index contributed by atoms with van der Waals surface area (Å²) in [5.41, 5.74) is 6.27. The lowest BCUT2D eigenvalue weighted by atomic mass is 10.1. The molecule has 0 atom stereocenters. The predicted octanol–water partition coefficient (Wildman–Crippen LogP) is 1.07. The lowest BCUT2D eigenvalue weighted by Gasteiger charge is -2.06. The van der Waals surface area contributed by atoms with E-state index < -0.39 is 10.0 Å². The summed E-state index contributed by atoms with van der Waals surface area (Å²) in [5.74, 6) is 0. The number of anilines is 1. The summed E-state index contributed by atoms with van der Waals surface area (Å²) in [5, 5.41) is 6.36. The van der Waals surface area contributed by atoms with Gasteiger partial charge >= 0.3 is 0 Å². The summed E-state index contributed by atoms with van der Waals surface area (Å²) in [6.07, 6.45) is 0. The molecular weight excluding hydrogens is 212 g/mol. The molecule has 0 aliphatic rings. The van der Waals surface area contributed by atoms with Gasteiger partial charge in [-0.25, -0.2) is 13.6 Å². The highest BCUT2D eigenvalue weighted by Gasteiger charge is 2.12. The van der Waals surface area contributed by atoms with Crippen molar-refractivity contribution in [1.29, 1.82) is 0 Å². The Hall–Kier alpha value is -1.59. The van der Waals surface area contributed by atoms with Crippen molar-refractivity contribution in [3.05, 3.63) is 36.4 Å². The van der Waals surface area contributed by atoms with Gasteiger partial charge in [0.15, 0.2) is 0 Å². The van der Waals surface area contributed by atoms with Crippen molar-refractivity contribution in [3.8, 4) is 0 Å². The molecule has 0 spiro atoms. The van der Waals surface area contributed by atoms with Crippen LogP contribution < -0.4 is 10.9 Å². The molecule has 0 radical (unpaired) electrons. The van der Waals surface area contributed by atoms with E-state index in [2.05, 4.69) is 0 Å². The van der Waals surface area contributed by atoms with E-state index in [1.165, 1.54) is 6.07 Å². The Balaban J connectivity index is 2.96. The molecule has 5 heteroatoms. The fourth-order valence-corrected chi connectivity index (χ4v) is 2.29. The summed E-state index contributed by atoms with van der Waals surface area (Å²) < 4.78 is 22.6. The van der Waals surface area contributed by atoms with Gasteiger partial charge < -0.3 is 5.73 Å². The maximum atomic E-state index is 11.3. The van der Waals surface area contributed by atoms with E-state index in [1.807, 2.05) is 0 Å². The lowest BCUT2D eigenvalue weighted by Crippen LogP contribution is -2.12. The minimum atomic E-state index is -3.70. The van der Waals surface area contributed by atoms with Crippen molar-refractivity contribution in [2.24, 2.45) is 5.14 Å². The van der Waals surface area contributed by atoms with Gasteiger partial charge in [0.25, 0.3) is 0 Å². The molecule has 2 aromatic carbocycles. The third-order valence-corrected chi connectivity index (χ3v) is 3.19. The SMILES string of the molecule is Nc1ccc(S(N)(=O)=O)c2ccccc12. The minimum Gasteiger partial charge on any atom is -0.398 e. The number of nitrogens with two attached hydrogens (primary N) is 2. The molecule has 0 aliphatic heterocycles. The molecule has 0 aromatic heterocycles. The number of nitrogen functional groups attached to an aromatic ring is 1. The first-order valence-electron chi connectivity index (χ1n) is 4.30. The first kappa shape index (κ1) is 9.95. The molecule has 0 bridgehead atoms. The molecule has 4 N–H and O–H groups in total. The largest absolute Gasteiger partial charge is 0.398 e. The van der Waals surface area contributed by atoms with Crippen LogP contribution in [0.2, 0.25) is 0 Å². The van der Waals surface area contributed by atoms with E-state index in [0.29, 0.717) is 16.5 Å². The van der Waals surface area contributed by atoms with Crippen molar-refractivity contribution in [1.82, 2.24) is 0 Å². The first-order valence-corrected chi connectivity index (χ1v) is 5.85. The Morgan fingerprint density at radius 3 is 2.13 bits per heavy atom. The van der Waals surface area contributed by atoms with Crippen LogP contribution in [0.15, 0.2) is 41.3 Å². The standard InChI is InChI=1S/C10H10N2O2S/c11-9-5-6-10(15(12,13)14)8-4-2-1-3-7(8)9/h1-6H,11H2,(H2,12,13,14). The van der Waals surface area contributed by atoms with Crippen LogP contribution in [0.25, 0.3) is 10.8 Å². The van der Waals surface area contributed by atoms with E-state index in [0.717, 1.165) is 0 Å². The van der Waals surface area contributed by atoms with E-state index >= 15 is 0 Å². The van der Waals surface area contributed by atoms with Gasteiger partial charge in [-0.2, -0.15) is 0 Å². The van der Waals surface area contributed by atoms with E-state index in [1.54, 1.807) is 30.3 Å². The zero-order chi connectivity index (χ0) is 11.1. The third kappa shape index (κ3) is 1.67. The second-order valence-electron chi connectivity index (χ2n) is 3.24. The summed E-state index contributed by atoms with van der Waals surface area (Å²) in [4.78, 5) is 0.104. The number of primary sulfonamides is 1. The Morgan fingerprint density at radius 2 is 1.53 bits per heavy atom. The quantitative estimate of drug-likeness (QED) is 0.707. The van der Waals surface area contributed by atoms with E-state index in [4.69, 9.17) is 10.9 Å². The molecule has 78 valence electrons. The van der Waals surface area contributed by atoms with Crippen molar-refractivity contribution in [2.75, 3.05) is 5.73 Å². The zero-order valence-electron chi connectivity index (χ0n) is 7.84. The van der Waals surface area contributed by atoms with Crippen LogP contribution in [0, 0.1) is 0 Å². The van der Waals surface area contributed by atoms with Gasteiger partial charge in [-0.3, -0.25) is 0 Å². The van der Waals surface area contributed by atoms with Gasteiger partial charge in [-0.1, -0.05) is 24.3 Å². The molecular formula is C10H10N2O2S. The monoisotopic (exact) mass is 222 g/mol. The number of benzene rings is 2. The molecule has 2 aromatic rings. The average molecular weight is 222 g/mol. The Labute approximate surface area is 87.6 Å². The summed E-state index contributed by atoms with van der Waals surface area (Å²) in [6, 6.07) is 9.96. The van der Waals surface area contributed by atoms with Crippen molar-refractivity contribution in [3.63, 3.8) is 0 Å². The van der Waals surface area contributed by atoms with Gasteiger partial charge in [0, 0.05) is 16.5 Å². The smallest absolute Gasteiger partial charge is 0.238 e. The van der Waals surface area contributed by atoms with Gasteiger partial charge in [-0.15, -0.1) is 0 Å². The summed E-state index contributed by atoms with van der Waals surface area (Å²) >= 11 is 0. The normalized spacial score (nSPS) is 11.8. The van der Waals surface area contributed by atoms with Crippen LogP contribution in [0.5, 0.6) is 0 Å². The number of rotatable bonds is 1. The van der Waals surface area contributed by atoms with Crippen molar-refractivity contribution < 1.29 is 8.42 Å². The van der Waals surface area contributed by atoms with Gasteiger partial charge in [-0.05, 0) is 12.1 Å². The Bertz CT molecular complexity index is 620. The first-order chi connectivity index (χ1) is 7.00. The van der Waals surface area contributed by atoms with E-state index in [-0.39, 0.29) is 4.90 Å². The highest BCUT2D eigenvalue weighted by molar-refractivity contribution is 7.89. The Kier molecular flexibility index (Phi) is 2.13. The van der Waals surface area contributed by atoms with Crippen LogP contribution in [0.1, 0.15) is 0 Å². The molecule has 2 rings (SSSR count). The van der Waals surface area contributed by atoms with Crippen molar-refractivity contribution in [2.45, 2.75) is 4.90 Å². The van der Waals surface area contributed by atoms with Gasteiger partial charge in [0.05, 0.1) is 4.90 Å². The highest BCUT2D eigenvalue weighted by atomic mass is 32.2. The van der Waals surface area contributed by atoms with Crippen molar-refractivity contribution >= 4 is 26.5 Å². The van der Waals surface area contributed by atoms with Gasteiger partial charge in [0.2, 0.25) is 10.0 Å². The fraction of sp³-hybridized carbons (Fsp3) is 0. The highest BCUT2D eigenvalue weighted by Crippen LogP contribution is 2.26. The zero-order valence-corrected chi connectivity index (χ0v) is 8.66. The van der Waals surface area contributed by atoms with Crippen LogP contribution in [0.3, 0.4) is 0 Å². The lowest BCUT2D eigenvalue weighted by molar-refractivity contribution is 0.598. The second-order valence-corrected chi connectivity index (χ2v) is 4.77. The maximum Gasteiger partial charge on any atom is 0.238 e. The third-order valence-electron chi connectivity index (χ3n) is 2.22. The van der Waals surface area contributed by atoms with E-state index in [9.17, 15) is 8.42 Å². The second kappa shape index (κ2) is 3.22. The molecule has 0 saturated carbocycles. The molecule has 15 heavy (non-hydrogen) atoms. The predicted molar refractivity (Wildman–Crippen MR) is 59.7 cm³/mol. The number of hydrogen-bond acceptors (Lipinski definition) is 3. The summed E-state index contributed by atoms with van der Waals surface area (Å²) in [6.45, 7) is 0. The minimum absolute atomic E-state index is 0.104. The fourth-order valence-electron chi connectivity index (χ4n) is 1.54. The van der Waals surface area contributed by atoms with Crippen LogP contribution >= 0.6 is 0 Å². The van der Waals surface area contributed by atoms with Crippen LogP contribution in [-0.2, 0) is 10.0 Å². The van der Waals surface area contributed by atoms with Crippen LogP contribution in [0.4, 0.5) is 5.69 Å². The maximum absolute atomic E-state index is 11.3. The molecule has 0 heterocycles. The number of sulfonamides is 1. The van der Waals surface area contributed by atoms with Gasteiger partial charge in [0.1, 0.15) is 0 Å². The molecule has 0 aliphatic carbocycles. The molecule has 0 saturated heterocycles. The molecule has 0 fully saturated rings. The number of hydrogen-bond donors (Lipinski definition) is 2. The molecule has 0 unspecified atom stereocenters. The molecule has 0 amide bonds. The Morgan fingerprint density at radius 1 is 0.933 bits per heavy atom. The average Bonchev–Trinajstić information content (AvgIpc) is 2.17. The molecule has 4 nitrogen and oxygen atoms in total. The topological polar surface area (TPSA) is 86.2 Å².